The molecule has 4 nitrogen and oxygen atoms in total. The number of fused-ring (bicyclic) bond motifs is 1. The summed E-state index contributed by atoms with van der Waals surface area (Å²) in [4.78, 5) is 4.28. The summed E-state index contributed by atoms with van der Waals surface area (Å²) in [7, 11) is 1.91. The minimum Gasteiger partial charge on any atom is -0.441 e. The number of hydrogen-bond donors (Lipinski definition) is 2. The molecule has 1 aromatic heterocycles. The third kappa shape index (κ3) is 2.33. The van der Waals surface area contributed by atoms with Crippen molar-refractivity contribution in [2.75, 3.05) is 7.05 Å². The zero-order valence-electron chi connectivity index (χ0n) is 10.7. The molecule has 92 valence electrons. The molecule has 3 N–H and O–H groups in total. The molecule has 0 aliphatic heterocycles. The van der Waals surface area contributed by atoms with Gasteiger partial charge in [0.2, 0.25) is 0 Å². The maximum absolute atomic E-state index is 6.16. The molecule has 0 fully saturated rings. The molecule has 2 rings (SSSR count). The van der Waals surface area contributed by atoms with Gasteiger partial charge in [-0.25, -0.2) is 4.98 Å². The second kappa shape index (κ2) is 4.13. The molecular weight excluding hydrogens is 214 g/mol. The highest BCUT2D eigenvalue weighted by atomic mass is 16.3. The molecule has 0 spiro atoms. The van der Waals surface area contributed by atoms with Gasteiger partial charge in [-0.05, 0) is 38.6 Å². The van der Waals surface area contributed by atoms with Gasteiger partial charge in [-0.15, -0.1) is 0 Å². The van der Waals surface area contributed by atoms with Gasteiger partial charge in [0.05, 0.1) is 0 Å². The van der Waals surface area contributed by atoms with Crippen LogP contribution in [0.4, 0.5) is 0 Å². The first-order chi connectivity index (χ1) is 7.91. The van der Waals surface area contributed by atoms with Crippen LogP contribution in [0, 0.1) is 6.92 Å². The van der Waals surface area contributed by atoms with Crippen molar-refractivity contribution in [3.8, 4) is 0 Å². The van der Waals surface area contributed by atoms with Crippen LogP contribution in [-0.4, -0.2) is 17.6 Å². The van der Waals surface area contributed by atoms with E-state index >= 15 is 0 Å². The summed E-state index contributed by atoms with van der Waals surface area (Å²) in [5.74, 6) is 0.685. The van der Waals surface area contributed by atoms with Crippen LogP contribution in [0.2, 0.25) is 0 Å². The van der Waals surface area contributed by atoms with E-state index in [-0.39, 0.29) is 11.6 Å². The molecule has 0 saturated heterocycles. The number of aryl methyl sites for hydroxylation is 1. The fraction of sp³-hybridized carbons (Fsp3) is 0.462. The van der Waals surface area contributed by atoms with Crippen LogP contribution >= 0.6 is 0 Å². The molecule has 0 saturated carbocycles. The number of hydrogen-bond acceptors (Lipinski definition) is 4. The molecule has 1 heterocycles. The minimum atomic E-state index is -0.336. The van der Waals surface area contributed by atoms with E-state index in [1.807, 2.05) is 46.0 Å². The van der Waals surface area contributed by atoms with E-state index in [4.69, 9.17) is 10.2 Å². The Labute approximate surface area is 101 Å². The topological polar surface area (TPSA) is 64.1 Å². The third-order valence-corrected chi connectivity index (χ3v) is 2.89. The lowest BCUT2D eigenvalue weighted by molar-refractivity contribution is 0.370. The van der Waals surface area contributed by atoms with Gasteiger partial charge in [0.15, 0.2) is 11.5 Å². The summed E-state index contributed by atoms with van der Waals surface area (Å²) in [6.45, 7) is 5.86. The first kappa shape index (κ1) is 12.1. The second-order valence-electron chi connectivity index (χ2n) is 5.00. The van der Waals surface area contributed by atoms with E-state index in [2.05, 4.69) is 10.3 Å². The SMILES string of the molecule is CNC(c1ccc2nc(C)oc2c1)C(C)(C)N. The third-order valence-electron chi connectivity index (χ3n) is 2.89. The van der Waals surface area contributed by atoms with E-state index in [0.29, 0.717) is 5.89 Å². The smallest absolute Gasteiger partial charge is 0.192 e. The van der Waals surface area contributed by atoms with Crippen molar-refractivity contribution in [1.29, 1.82) is 0 Å². The van der Waals surface area contributed by atoms with Crippen molar-refractivity contribution in [2.45, 2.75) is 32.4 Å². The fourth-order valence-electron chi connectivity index (χ4n) is 2.20. The fourth-order valence-corrected chi connectivity index (χ4v) is 2.20. The molecule has 2 aromatic rings. The lowest BCUT2D eigenvalue weighted by Crippen LogP contribution is -2.45. The normalized spacial score (nSPS) is 14.2. The summed E-state index contributed by atoms with van der Waals surface area (Å²) in [6.07, 6.45) is 0. The highest BCUT2D eigenvalue weighted by Gasteiger charge is 2.25. The number of aromatic nitrogens is 1. The van der Waals surface area contributed by atoms with Crippen molar-refractivity contribution in [2.24, 2.45) is 5.73 Å². The minimum absolute atomic E-state index is 0.0808. The van der Waals surface area contributed by atoms with Gasteiger partial charge in [-0.3, -0.25) is 0 Å². The maximum Gasteiger partial charge on any atom is 0.192 e. The summed E-state index contributed by atoms with van der Waals surface area (Å²) < 4.78 is 5.54. The zero-order valence-corrected chi connectivity index (χ0v) is 10.7. The van der Waals surface area contributed by atoms with Crippen LogP contribution in [0.1, 0.15) is 31.3 Å². The van der Waals surface area contributed by atoms with Crippen LogP contribution < -0.4 is 11.1 Å². The Bertz CT molecular complexity index is 525. The van der Waals surface area contributed by atoms with Crippen molar-refractivity contribution >= 4 is 11.1 Å². The monoisotopic (exact) mass is 233 g/mol. The Morgan fingerprint density at radius 3 is 2.71 bits per heavy atom. The maximum atomic E-state index is 6.16. The molecule has 0 radical (unpaired) electrons. The predicted molar refractivity (Wildman–Crippen MR) is 68.8 cm³/mol. The number of rotatable bonds is 3. The van der Waals surface area contributed by atoms with Gasteiger partial charge in [0, 0.05) is 18.5 Å². The van der Waals surface area contributed by atoms with Gasteiger partial charge in [-0.1, -0.05) is 6.07 Å². The van der Waals surface area contributed by atoms with Crippen LogP contribution in [0.5, 0.6) is 0 Å². The van der Waals surface area contributed by atoms with Gasteiger partial charge >= 0.3 is 0 Å². The summed E-state index contributed by atoms with van der Waals surface area (Å²) in [5.41, 5.74) is 8.64. The Morgan fingerprint density at radius 2 is 2.12 bits per heavy atom. The van der Waals surface area contributed by atoms with Crippen LogP contribution in [0.3, 0.4) is 0 Å². The average Bonchev–Trinajstić information content (AvgIpc) is 2.56. The largest absolute Gasteiger partial charge is 0.441 e. The van der Waals surface area contributed by atoms with Crippen LogP contribution in [0.25, 0.3) is 11.1 Å². The van der Waals surface area contributed by atoms with E-state index in [1.165, 1.54) is 0 Å². The summed E-state index contributed by atoms with van der Waals surface area (Å²) in [6, 6.07) is 6.10. The number of nitrogens with two attached hydrogens (primary N) is 1. The highest BCUT2D eigenvalue weighted by molar-refractivity contribution is 5.73. The Balaban J connectivity index is 2.47. The molecular formula is C13H19N3O. The van der Waals surface area contributed by atoms with Gasteiger partial charge in [0.1, 0.15) is 5.52 Å². The molecule has 1 atom stereocenters. The van der Waals surface area contributed by atoms with Gasteiger partial charge < -0.3 is 15.5 Å². The lowest BCUT2D eigenvalue weighted by Gasteiger charge is -2.30. The van der Waals surface area contributed by atoms with Crippen molar-refractivity contribution < 1.29 is 4.42 Å². The summed E-state index contributed by atoms with van der Waals surface area (Å²) >= 11 is 0. The lowest BCUT2D eigenvalue weighted by atomic mass is 9.89. The number of oxazole rings is 1. The van der Waals surface area contributed by atoms with Crippen molar-refractivity contribution in [1.82, 2.24) is 10.3 Å². The molecule has 0 bridgehead atoms. The first-order valence-corrected chi connectivity index (χ1v) is 5.75. The molecule has 1 aromatic carbocycles. The predicted octanol–water partition coefficient (Wildman–Crippen LogP) is 2.13. The molecule has 17 heavy (non-hydrogen) atoms. The van der Waals surface area contributed by atoms with Gasteiger partial charge in [-0.2, -0.15) is 0 Å². The molecule has 1 unspecified atom stereocenters. The Kier molecular flexibility index (Phi) is 2.93. The van der Waals surface area contributed by atoms with E-state index in [1.54, 1.807) is 0 Å². The average molecular weight is 233 g/mol. The van der Waals surface area contributed by atoms with E-state index < -0.39 is 0 Å². The van der Waals surface area contributed by atoms with E-state index in [0.717, 1.165) is 16.7 Å². The van der Waals surface area contributed by atoms with Gasteiger partial charge in [0.25, 0.3) is 0 Å². The van der Waals surface area contributed by atoms with Crippen LogP contribution in [-0.2, 0) is 0 Å². The Morgan fingerprint density at radius 1 is 1.41 bits per heavy atom. The Hall–Kier alpha value is -1.39. The highest BCUT2D eigenvalue weighted by Crippen LogP contribution is 2.26. The standard InChI is InChI=1S/C13H19N3O/c1-8-16-10-6-5-9(7-11(10)17-8)12(15-4)13(2,3)14/h5-7,12,15H,14H2,1-4H3. The van der Waals surface area contributed by atoms with Crippen molar-refractivity contribution in [3.63, 3.8) is 0 Å². The van der Waals surface area contributed by atoms with E-state index in [9.17, 15) is 0 Å². The van der Waals surface area contributed by atoms with Crippen molar-refractivity contribution in [3.05, 3.63) is 29.7 Å². The molecule has 0 aliphatic carbocycles. The van der Waals surface area contributed by atoms with Crippen LogP contribution in [0.15, 0.2) is 22.6 Å². The number of nitrogens with zero attached hydrogens (tertiary/aromatic N) is 1. The second-order valence-corrected chi connectivity index (χ2v) is 5.00. The number of likely N-dealkylation sites (N-methyl/N-ethyl adjacent to an activating group) is 1. The first-order valence-electron chi connectivity index (χ1n) is 5.75. The number of benzene rings is 1. The molecule has 0 aliphatic rings. The quantitative estimate of drug-likeness (QED) is 0.852. The number of nitrogens with one attached hydrogen (secondary N) is 1. The zero-order chi connectivity index (χ0) is 12.6. The molecule has 4 heteroatoms. The molecule has 0 amide bonds. The summed E-state index contributed by atoms with van der Waals surface area (Å²) in [5, 5.41) is 3.24.